The van der Waals surface area contributed by atoms with Crippen molar-refractivity contribution in [2.75, 3.05) is 6.61 Å². The van der Waals surface area contributed by atoms with E-state index in [1.54, 1.807) is 0 Å². The van der Waals surface area contributed by atoms with Crippen LogP contribution in [0.1, 0.15) is 57.2 Å². The number of nitrogens with zero attached hydrogens (tertiary/aromatic N) is 2. The quantitative estimate of drug-likeness (QED) is 0.908. The van der Waals surface area contributed by atoms with E-state index in [4.69, 9.17) is 9.26 Å². The molecule has 2 heterocycles. The fraction of sp³-hybridized carbons (Fsp3) is 0.857. The van der Waals surface area contributed by atoms with Crippen LogP contribution in [0.15, 0.2) is 4.52 Å². The van der Waals surface area contributed by atoms with Crippen LogP contribution >= 0.6 is 0 Å². The molecule has 2 aliphatic rings. The summed E-state index contributed by atoms with van der Waals surface area (Å²) in [4.78, 5) is 4.48. The Balaban J connectivity index is 1.67. The largest absolute Gasteiger partial charge is 0.393 e. The summed E-state index contributed by atoms with van der Waals surface area (Å²) >= 11 is 0. The molecule has 0 radical (unpaired) electrons. The highest BCUT2D eigenvalue weighted by Crippen LogP contribution is 2.34. The second-order valence-corrected chi connectivity index (χ2v) is 6.01. The molecule has 1 N–H and O–H groups in total. The Morgan fingerprint density at radius 2 is 2.16 bits per heavy atom. The van der Waals surface area contributed by atoms with Crippen molar-refractivity contribution < 1.29 is 14.4 Å². The van der Waals surface area contributed by atoms with Gasteiger partial charge in [-0.15, -0.1) is 0 Å². The summed E-state index contributed by atoms with van der Waals surface area (Å²) in [6.45, 7) is 2.78. The van der Waals surface area contributed by atoms with Crippen LogP contribution in [-0.4, -0.2) is 28.0 Å². The van der Waals surface area contributed by atoms with Gasteiger partial charge >= 0.3 is 0 Å². The van der Waals surface area contributed by atoms with Crippen molar-refractivity contribution in [1.29, 1.82) is 0 Å². The molecule has 19 heavy (non-hydrogen) atoms. The lowest BCUT2D eigenvalue weighted by Gasteiger charge is -2.26. The van der Waals surface area contributed by atoms with Gasteiger partial charge in [0.05, 0.1) is 6.10 Å². The van der Waals surface area contributed by atoms with Crippen LogP contribution in [0, 0.1) is 5.92 Å². The Bertz CT molecular complexity index is 426. The van der Waals surface area contributed by atoms with E-state index in [0.29, 0.717) is 18.1 Å². The van der Waals surface area contributed by atoms with Gasteiger partial charge in [0.2, 0.25) is 11.7 Å². The number of aliphatic hydroxyl groups is 1. The molecule has 2 fully saturated rings. The zero-order valence-electron chi connectivity index (χ0n) is 11.5. The summed E-state index contributed by atoms with van der Waals surface area (Å²) in [7, 11) is 0. The van der Waals surface area contributed by atoms with E-state index in [-0.39, 0.29) is 17.6 Å². The van der Waals surface area contributed by atoms with Gasteiger partial charge in [-0.05, 0) is 38.5 Å². The number of ether oxygens (including phenoxy) is 1. The maximum Gasteiger partial charge on any atom is 0.227 e. The molecule has 106 valence electrons. The maximum atomic E-state index is 9.98. The van der Waals surface area contributed by atoms with E-state index in [1.165, 1.54) is 6.42 Å². The first-order chi connectivity index (χ1) is 9.17. The van der Waals surface area contributed by atoms with Crippen LogP contribution in [0.25, 0.3) is 0 Å². The third kappa shape index (κ3) is 2.67. The fourth-order valence-electron chi connectivity index (χ4n) is 3.16. The van der Waals surface area contributed by atoms with E-state index in [2.05, 4.69) is 10.1 Å². The van der Waals surface area contributed by atoms with E-state index in [9.17, 15) is 5.11 Å². The van der Waals surface area contributed by atoms with Crippen molar-refractivity contribution in [3.8, 4) is 0 Å². The van der Waals surface area contributed by atoms with E-state index in [0.717, 1.165) is 38.7 Å². The Morgan fingerprint density at radius 1 is 1.32 bits per heavy atom. The van der Waals surface area contributed by atoms with Crippen molar-refractivity contribution >= 4 is 0 Å². The molecule has 3 atom stereocenters. The van der Waals surface area contributed by atoms with Gasteiger partial charge in [0.25, 0.3) is 0 Å². The Kier molecular flexibility index (Phi) is 3.58. The number of rotatable bonds is 3. The van der Waals surface area contributed by atoms with Crippen molar-refractivity contribution in [1.82, 2.24) is 10.1 Å². The second-order valence-electron chi connectivity index (χ2n) is 6.01. The summed E-state index contributed by atoms with van der Waals surface area (Å²) in [5, 5.41) is 14.1. The van der Waals surface area contributed by atoms with Gasteiger partial charge < -0.3 is 14.4 Å². The molecule has 5 nitrogen and oxygen atoms in total. The lowest BCUT2D eigenvalue weighted by molar-refractivity contribution is 0.00768. The molecule has 0 bridgehead atoms. The highest BCUT2D eigenvalue weighted by Gasteiger charge is 2.37. The average Bonchev–Trinajstić information content (AvgIpc) is 3.02. The summed E-state index contributed by atoms with van der Waals surface area (Å²) in [6, 6.07) is 0. The lowest BCUT2D eigenvalue weighted by Crippen LogP contribution is -2.26. The Labute approximate surface area is 113 Å². The molecule has 0 aromatic carbocycles. The number of hydrogen-bond acceptors (Lipinski definition) is 5. The highest BCUT2D eigenvalue weighted by molar-refractivity contribution is 5.02. The van der Waals surface area contributed by atoms with E-state index < -0.39 is 0 Å². The predicted octanol–water partition coefficient (Wildman–Crippen LogP) is 2.19. The summed E-state index contributed by atoms with van der Waals surface area (Å²) in [5.74, 6) is 1.56. The number of aromatic nitrogens is 2. The van der Waals surface area contributed by atoms with Crippen molar-refractivity contribution in [3.63, 3.8) is 0 Å². The van der Waals surface area contributed by atoms with Crippen LogP contribution in [0.2, 0.25) is 0 Å². The Morgan fingerprint density at radius 3 is 2.89 bits per heavy atom. The summed E-state index contributed by atoms with van der Waals surface area (Å²) < 4.78 is 11.1. The minimum absolute atomic E-state index is 0.220. The molecule has 0 amide bonds. The number of aliphatic hydroxyl groups excluding tert-OH is 1. The molecular formula is C14H22N2O3. The first-order valence-electron chi connectivity index (χ1n) is 7.32. The molecule has 0 spiro atoms. The second kappa shape index (κ2) is 5.21. The zero-order valence-corrected chi connectivity index (χ0v) is 11.5. The molecule has 3 rings (SSSR count). The van der Waals surface area contributed by atoms with Gasteiger partial charge in [-0.1, -0.05) is 18.0 Å². The van der Waals surface area contributed by atoms with Gasteiger partial charge in [-0.2, -0.15) is 4.98 Å². The first-order valence-corrected chi connectivity index (χ1v) is 7.32. The van der Waals surface area contributed by atoms with Crippen LogP contribution < -0.4 is 0 Å². The van der Waals surface area contributed by atoms with Crippen LogP contribution in [0.4, 0.5) is 0 Å². The standard InChI is InChI=1S/C14H22N2O3/c1-14(7-4-8-18-14)13-15-12(19-16-13)9-10-5-2-3-6-11(10)17/h10-11,17H,2-9H2,1H3. The first kappa shape index (κ1) is 13.1. The molecule has 1 aliphatic carbocycles. The van der Waals surface area contributed by atoms with E-state index >= 15 is 0 Å². The molecule has 3 unspecified atom stereocenters. The van der Waals surface area contributed by atoms with Crippen LogP contribution in [0.3, 0.4) is 0 Å². The predicted molar refractivity (Wildman–Crippen MR) is 68.5 cm³/mol. The average molecular weight is 266 g/mol. The molecular weight excluding hydrogens is 244 g/mol. The third-order valence-electron chi connectivity index (χ3n) is 4.47. The molecule has 1 saturated heterocycles. The summed E-state index contributed by atoms with van der Waals surface area (Å²) in [5.41, 5.74) is -0.382. The van der Waals surface area contributed by atoms with Crippen LogP contribution in [0.5, 0.6) is 0 Å². The minimum atomic E-state index is -0.382. The monoisotopic (exact) mass is 266 g/mol. The van der Waals surface area contributed by atoms with Crippen molar-refractivity contribution in [3.05, 3.63) is 11.7 Å². The molecule has 1 aromatic heterocycles. The Hall–Kier alpha value is -0.940. The van der Waals surface area contributed by atoms with Gasteiger partial charge in [0.15, 0.2) is 0 Å². The van der Waals surface area contributed by atoms with E-state index in [1.807, 2.05) is 6.92 Å². The topological polar surface area (TPSA) is 68.4 Å². The van der Waals surface area contributed by atoms with Crippen LogP contribution in [-0.2, 0) is 16.8 Å². The van der Waals surface area contributed by atoms with Crippen molar-refractivity contribution in [2.24, 2.45) is 5.92 Å². The van der Waals surface area contributed by atoms with Gasteiger partial charge in [0, 0.05) is 13.0 Å². The normalized spacial score (nSPS) is 35.7. The van der Waals surface area contributed by atoms with Gasteiger partial charge in [0.1, 0.15) is 5.60 Å². The van der Waals surface area contributed by atoms with Gasteiger partial charge in [-0.25, -0.2) is 0 Å². The fourth-order valence-corrected chi connectivity index (χ4v) is 3.16. The SMILES string of the molecule is CC1(c2noc(CC3CCCCC3O)n2)CCCO1. The minimum Gasteiger partial charge on any atom is -0.393 e. The number of hydrogen-bond donors (Lipinski definition) is 1. The highest BCUT2D eigenvalue weighted by atomic mass is 16.5. The zero-order chi connectivity index (χ0) is 13.3. The smallest absolute Gasteiger partial charge is 0.227 e. The lowest BCUT2D eigenvalue weighted by atomic mass is 9.84. The molecule has 1 aliphatic heterocycles. The third-order valence-corrected chi connectivity index (χ3v) is 4.47. The summed E-state index contributed by atoms with van der Waals surface area (Å²) in [6.07, 6.45) is 6.70. The van der Waals surface area contributed by atoms with Gasteiger partial charge in [-0.3, -0.25) is 0 Å². The molecule has 1 aromatic rings. The molecule has 1 saturated carbocycles. The maximum absolute atomic E-state index is 9.98. The molecule has 5 heteroatoms. The van der Waals surface area contributed by atoms with Crippen molar-refractivity contribution in [2.45, 2.75) is 63.6 Å².